The molecule has 0 aliphatic heterocycles. The summed E-state index contributed by atoms with van der Waals surface area (Å²) in [6.45, 7) is 0. The van der Waals surface area contributed by atoms with Crippen LogP contribution in [0.25, 0.3) is 0 Å². The Morgan fingerprint density at radius 2 is 2.05 bits per heavy atom. The van der Waals surface area contributed by atoms with Gasteiger partial charge in [-0.2, -0.15) is 5.10 Å². The highest BCUT2D eigenvalue weighted by Crippen LogP contribution is 2.13. The molecule has 0 spiro atoms. The summed E-state index contributed by atoms with van der Waals surface area (Å²) in [5.41, 5.74) is 8.48. The van der Waals surface area contributed by atoms with Gasteiger partial charge in [0.1, 0.15) is 0 Å². The van der Waals surface area contributed by atoms with Crippen molar-refractivity contribution in [3.63, 3.8) is 0 Å². The molecule has 0 bridgehead atoms. The molecule has 1 aromatic heterocycles. The van der Waals surface area contributed by atoms with Crippen LogP contribution in [0.5, 0.6) is 0 Å². The van der Waals surface area contributed by atoms with Crippen molar-refractivity contribution in [1.29, 1.82) is 0 Å². The number of aromatic amines is 2. The Balaban J connectivity index is 2.38. The Labute approximate surface area is 138 Å². The lowest BCUT2D eigenvalue weighted by Crippen LogP contribution is -2.25. The molecule has 5 N–H and O–H groups in total. The molecule has 2 rings (SSSR count). The first-order valence-corrected chi connectivity index (χ1v) is 7.34. The third-order valence-corrected chi connectivity index (χ3v) is 3.47. The van der Waals surface area contributed by atoms with Crippen molar-refractivity contribution in [1.82, 2.24) is 15.4 Å². The molecular formula is C13H12BrN5O2S. The van der Waals surface area contributed by atoms with Gasteiger partial charge >= 0.3 is 6.03 Å². The van der Waals surface area contributed by atoms with Gasteiger partial charge in [-0.05, 0) is 29.9 Å². The number of carbonyl (C=O) groups excluding carboxylic acids is 1. The van der Waals surface area contributed by atoms with E-state index in [1.807, 2.05) is 24.3 Å². The van der Waals surface area contributed by atoms with Crippen molar-refractivity contribution in [2.24, 2.45) is 10.8 Å². The zero-order valence-corrected chi connectivity index (χ0v) is 13.6. The van der Waals surface area contributed by atoms with Crippen molar-refractivity contribution in [2.75, 3.05) is 0 Å². The van der Waals surface area contributed by atoms with Crippen LogP contribution in [0.1, 0.15) is 16.8 Å². The normalized spacial score (nSPS) is 10.8. The quantitative estimate of drug-likeness (QED) is 0.367. The number of H-pyrrole nitrogens is 2. The minimum absolute atomic E-state index is 0.171. The zero-order valence-electron chi connectivity index (χ0n) is 11.2. The average molecular weight is 382 g/mol. The average Bonchev–Trinajstić information content (AvgIpc) is 2.44. The van der Waals surface area contributed by atoms with Gasteiger partial charge in [0.2, 0.25) is 0 Å². The number of rotatable bonds is 4. The van der Waals surface area contributed by atoms with E-state index in [1.54, 1.807) is 0 Å². The number of hydrogen-bond acceptors (Lipinski definition) is 4. The molecule has 0 atom stereocenters. The van der Waals surface area contributed by atoms with E-state index in [4.69, 9.17) is 18.0 Å². The van der Waals surface area contributed by atoms with Gasteiger partial charge in [0.05, 0.1) is 11.9 Å². The maximum atomic E-state index is 12.1. The number of nitrogens with two attached hydrogens (primary N) is 1. The summed E-state index contributed by atoms with van der Waals surface area (Å²) in [5.74, 6) is 0. The molecule has 2 amide bonds. The van der Waals surface area contributed by atoms with Gasteiger partial charge in [0.25, 0.3) is 5.56 Å². The summed E-state index contributed by atoms with van der Waals surface area (Å²) in [6, 6.07) is 6.77. The number of carbonyl (C=O) groups is 1. The van der Waals surface area contributed by atoms with Gasteiger partial charge in [-0.3, -0.25) is 9.78 Å². The molecule has 1 aromatic carbocycles. The number of hydrogen-bond donors (Lipinski definition) is 4. The van der Waals surface area contributed by atoms with E-state index in [-0.39, 0.29) is 10.3 Å². The molecular weight excluding hydrogens is 370 g/mol. The molecule has 0 radical (unpaired) electrons. The predicted molar refractivity (Wildman–Crippen MR) is 89.5 cm³/mol. The standard InChI is InChI=1S/C13H12BrN5O2S/c14-8-3-1-7(2-4-8)5-9-10(6-16-19-12(15)21)17-13(22)18-11(9)20/h1-4,6H,5H2,(H3,15,19,21)(H2,17,18,20,22)/b16-6+. The van der Waals surface area contributed by atoms with Crippen molar-refractivity contribution in [2.45, 2.75) is 6.42 Å². The molecule has 0 fully saturated rings. The van der Waals surface area contributed by atoms with E-state index in [2.05, 4.69) is 36.4 Å². The lowest BCUT2D eigenvalue weighted by molar-refractivity contribution is 0.249. The van der Waals surface area contributed by atoms with Gasteiger partial charge in [0.15, 0.2) is 4.77 Å². The van der Waals surface area contributed by atoms with Crippen LogP contribution in [0, 0.1) is 4.77 Å². The summed E-state index contributed by atoms with van der Waals surface area (Å²) in [5, 5.41) is 3.65. The molecule has 2 aromatic rings. The summed E-state index contributed by atoms with van der Waals surface area (Å²) >= 11 is 8.30. The highest BCUT2D eigenvalue weighted by molar-refractivity contribution is 9.10. The van der Waals surface area contributed by atoms with Crippen molar-refractivity contribution in [3.05, 3.63) is 60.7 Å². The van der Waals surface area contributed by atoms with Gasteiger partial charge in [-0.15, -0.1) is 0 Å². The SMILES string of the molecule is NC(=O)N/N=C/c1[nH]c(=S)[nH]c(=O)c1Cc1ccc(Br)cc1. The van der Waals surface area contributed by atoms with Crippen LogP contribution >= 0.6 is 28.1 Å². The number of benzene rings is 1. The van der Waals surface area contributed by atoms with E-state index in [0.717, 1.165) is 10.0 Å². The Bertz CT molecular complexity index is 826. The Hall–Kier alpha value is -2.26. The predicted octanol–water partition coefficient (Wildman–Crippen LogP) is 1.79. The third-order valence-electron chi connectivity index (χ3n) is 2.74. The van der Waals surface area contributed by atoms with Crippen LogP contribution in [-0.4, -0.2) is 22.2 Å². The molecule has 0 saturated heterocycles. The number of halogens is 1. The summed E-state index contributed by atoms with van der Waals surface area (Å²) < 4.78 is 1.12. The van der Waals surface area contributed by atoms with Gasteiger partial charge < -0.3 is 10.7 Å². The van der Waals surface area contributed by atoms with E-state index in [1.165, 1.54) is 6.21 Å². The van der Waals surface area contributed by atoms with Crippen molar-refractivity contribution >= 4 is 40.4 Å². The minimum atomic E-state index is -0.797. The molecule has 114 valence electrons. The van der Waals surface area contributed by atoms with Gasteiger partial charge in [0, 0.05) is 16.5 Å². The molecule has 0 aliphatic carbocycles. The van der Waals surface area contributed by atoms with Crippen LogP contribution in [0.15, 0.2) is 38.6 Å². The van der Waals surface area contributed by atoms with Crippen molar-refractivity contribution in [3.8, 4) is 0 Å². The van der Waals surface area contributed by atoms with E-state index >= 15 is 0 Å². The fraction of sp³-hybridized carbons (Fsp3) is 0.0769. The molecule has 0 aliphatic rings. The van der Waals surface area contributed by atoms with E-state index < -0.39 is 6.03 Å². The number of primary amides is 1. The molecule has 1 heterocycles. The maximum absolute atomic E-state index is 12.1. The number of urea groups is 1. The second-order valence-electron chi connectivity index (χ2n) is 4.34. The molecule has 22 heavy (non-hydrogen) atoms. The molecule has 0 unspecified atom stereocenters. The first-order chi connectivity index (χ1) is 10.5. The highest BCUT2D eigenvalue weighted by atomic mass is 79.9. The van der Waals surface area contributed by atoms with Crippen molar-refractivity contribution < 1.29 is 4.79 Å². The summed E-state index contributed by atoms with van der Waals surface area (Å²) in [4.78, 5) is 28.1. The van der Waals surface area contributed by atoms with Gasteiger partial charge in [-0.25, -0.2) is 10.2 Å². The second kappa shape index (κ2) is 7.14. The lowest BCUT2D eigenvalue weighted by atomic mass is 10.1. The summed E-state index contributed by atoms with van der Waals surface area (Å²) in [6.07, 6.45) is 1.68. The number of hydrazone groups is 1. The van der Waals surface area contributed by atoms with Crippen LogP contribution < -0.4 is 16.7 Å². The fourth-order valence-electron chi connectivity index (χ4n) is 1.78. The molecule has 7 nitrogen and oxygen atoms in total. The number of nitrogens with one attached hydrogen (secondary N) is 3. The second-order valence-corrected chi connectivity index (χ2v) is 5.66. The smallest absolute Gasteiger partial charge is 0.332 e. The van der Waals surface area contributed by atoms with E-state index in [9.17, 15) is 9.59 Å². The van der Waals surface area contributed by atoms with Crippen LogP contribution in [-0.2, 0) is 6.42 Å². The first kappa shape index (κ1) is 16.1. The maximum Gasteiger partial charge on any atom is 0.332 e. The third kappa shape index (κ3) is 4.37. The Morgan fingerprint density at radius 3 is 2.68 bits per heavy atom. The van der Waals surface area contributed by atoms with Crippen LogP contribution in [0.2, 0.25) is 0 Å². The Morgan fingerprint density at radius 1 is 1.36 bits per heavy atom. The largest absolute Gasteiger partial charge is 0.350 e. The fourth-order valence-corrected chi connectivity index (χ4v) is 2.25. The molecule has 9 heteroatoms. The van der Waals surface area contributed by atoms with E-state index in [0.29, 0.717) is 17.7 Å². The van der Waals surface area contributed by atoms with Crippen LogP contribution in [0.4, 0.5) is 4.79 Å². The summed E-state index contributed by atoms with van der Waals surface area (Å²) in [7, 11) is 0. The number of aromatic nitrogens is 2. The zero-order chi connectivity index (χ0) is 16.1. The van der Waals surface area contributed by atoms with Gasteiger partial charge in [-0.1, -0.05) is 28.1 Å². The molecule has 0 saturated carbocycles. The topological polar surface area (TPSA) is 116 Å². The highest BCUT2D eigenvalue weighted by Gasteiger charge is 2.08. The Kier molecular flexibility index (Phi) is 5.23. The minimum Gasteiger partial charge on any atom is -0.350 e. The lowest BCUT2D eigenvalue weighted by Gasteiger charge is -2.05. The monoisotopic (exact) mass is 381 g/mol. The number of amides is 2. The van der Waals surface area contributed by atoms with Crippen LogP contribution in [0.3, 0.4) is 0 Å². The number of nitrogens with zero attached hydrogens (tertiary/aromatic N) is 1. The first-order valence-electron chi connectivity index (χ1n) is 6.14.